The fraction of sp³-hybridized carbons (Fsp3) is 0.333. The number of nitrogens with one attached hydrogen (secondary N) is 2. The van der Waals surface area contributed by atoms with Crippen LogP contribution in [0.25, 0.3) is 21.8 Å². The number of benzene rings is 2. The third-order valence-electron chi connectivity index (χ3n) is 5.00. The molecule has 2 heterocycles. The Morgan fingerprint density at radius 2 is 1.88 bits per heavy atom. The van der Waals surface area contributed by atoms with E-state index in [1.165, 1.54) is 0 Å². The van der Waals surface area contributed by atoms with Gasteiger partial charge in [0.25, 0.3) is 5.91 Å². The maximum atomic E-state index is 12.8. The Kier molecular flexibility index (Phi) is 6.90. The number of rotatable bonds is 9. The molecule has 2 N–H and O–H groups in total. The highest BCUT2D eigenvalue weighted by Crippen LogP contribution is 2.26. The smallest absolute Gasteiger partial charge is 0.251 e. The van der Waals surface area contributed by atoms with E-state index in [1.54, 1.807) is 18.0 Å². The van der Waals surface area contributed by atoms with E-state index in [4.69, 9.17) is 4.98 Å². The van der Waals surface area contributed by atoms with Gasteiger partial charge in [0.2, 0.25) is 0 Å². The fourth-order valence-electron chi connectivity index (χ4n) is 3.53. The molecular formula is C24H28N6OS. The van der Waals surface area contributed by atoms with Crippen molar-refractivity contribution >= 4 is 45.3 Å². The van der Waals surface area contributed by atoms with E-state index >= 15 is 0 Å². The summed E-state index contributed by atoms with van der Waals surface area (Å²) in [6, 6.07) is 13.7. The van der Waals surface area contributed by atoms with Crippen molar-refractivity contribution in [2.75, 3.05) is 18.4 Å². The lowest BCUT2D eigenvalue weighted by Crippen LogP contribution is -2.27. The van der Waals surface area contributed by atoms with E-state index < -0.39 is 0 Å². The fourth-order valence-corrected chi connectivity index (χ4v) is 4.24. The molecule has 0 aliphatic rings. The van der Waals surface area contributed by atoms with Crippen molar-refractivity contribution < 1.29 is 4.79 Å². The summed E-state index contributed by atoms with van der Waals surface area (Å²) in [5.41, 5.74) is 1.46. The first kappa shape index (κ1) is 22.1. The second kappa shape index (κ2) is 9.99. The van der Waals surface area contributed by atoms with Crippen LogP contribution >= 0.6 is 11.8 Å². The number of amides is 1. The molecule has 0 saturated carbocycles. The molecule has 0 spiro atoms. The maximum Gasteiger partial charge on any atom is 0.251 e. The van der Waals surface area contributed by atoms with Crippen molar-refractivity contribution in [1.29, 1.82) is 0 Å². The van der Waals surface area contributed by atoms with E-state index in [2.05, 4.69) is 41.5 Å². The molecule has 7 nitrogen and oxygen atoms in total. The molecule has 166 valence electrons. The van der Waals surface area contributed by atoms with Gasteiger partial charge in [-0.15, -0.1) is 0 Å². The lowest BCUT2D eigenvalue weighted by Gasteiger charge is -2.11. The molecular weight excluding hydrogens is 420 g/mol. The number of fused-ring (bicyclic) bond motifs is 2. The van der Waals surface area contributed by atoms with Gasteiger partial charge in [-0.05, 0) is 23.3 Å². The summed E-state index contributed by atoms with van der Waals surface area (Å²) in [5, 5.41) is 14.9. The molecule has 0 radical (unpaired) electrons. The van der Waals surface area contributed by atoms with E-state index in [9.17, 15) is 4.79 Å². The molecule has 1 amide bonds. The normalized spacial score (nSPS) is 11.4. The second-order valence-electron chi connectivity index (χ2n) is 7.84. The number of carbonyl (C=O) groups excluding carboxylic acids is 1. The molecule has 0 aliphatic heterocycles. The Hall–Kier alpha value is -3.13. The van der Waals surface area contributed by atoms with E-state index in [0.717, 1.165) is 45.7 Å². The van der Waals surface area contributed by atoms with Gasteiger partial charge in [0.1, 0.15) is 5.82 Å². The third-order valence-corrected chi connectivity index (χ3v) is 5.87. The molecule has 8 heteroatoms. The Morgan fingerprint density at radius 1 is 1.06 bits per heavy atom. The minimum absolute atomic E-state index is 0.0887. The first-order chi connectivity index (χ1) is 15.6. The number of hydrogen-bond donors (Lipinski definition) is 2. The Bertz CT molecular complexity index is 1230. The van der Waals surface area contributed by atoms with Crippen LogP contribution in [0.3, 0.4) is 0 Å². The summed E-state index contributed by atoms with van der Waals surface area (Å²) >= 11 is 1.63. The zero-order chi connectivity index (χ0) is 22.5. The number of aromatic nitrogens is 4. The van der Waals surface area contributed by atoms with Gasteiger partial charge in [0.05, 0.1) is 18.1 Å². The number of hydrogen-bond acceptors (Lipinski definition) is 6. The number of anilines is 1. The Labute approximate surface area is 192 Å². The van der Waals surface area contributed by atoms with Crippen LogP contribution in [0.15, 0.2) is 53.8 Å². The van der Waals surface area contributed by atoms with Crippen LogP contribution in [0.2, 0.25) is 0 Å². The highest BCUT2D eigenvalue weighted by atomic mass is 32.2. The average molecular weight is 449 g/mol. The first-order valence-electron chi connectivity index (χ1n) is 11.0. The van der Waals surface area contributed by atoms with Crippen molar-refractivity contribution in [3.63, 3.8) is 0 Å². The lowest BCUT2D eigenvalue weighted by atomic mass is 10.0. The van der Waals surface area contributed by atoms with Crippen LogP contribution in [-0.2, 0) is 6.54 Å². The molecule has 2 aromatic carbocycles. The Balaban J connectivity index is 1.52. The molecule has 4 aromatic rings. The van der Waals surface area contributed by atoms with Crippen LogP contribution in [-0.4, -0.2) is 44.0 Å². The van der Waals surface area contributed by atoms with Crippen molar-refractivity contribution in [2.24, 2.45) is 0 Å². The van der Waals surface area contributed by atoms with Crippen LogP contribution in [0.1, 0.15) is 37.6 Å². The van der Waals surface area contributed by atoms with Crippen LogP contribution in [0.5, 0.6) is 0 Å². The van der Waals surface area contributed by atoms with Gasteiger partial charge in [-0.25, -0.2) is 14.6 Å². The first-order valence-corrected chi connectivity index (χ1v) is 11.8. The average Bonchev–Trinajstić information content (AvgIpc) is 3.19. The molecule has 0 saturated heterocycles. The monoisotopic (exact) mass is 448 g/mol. The van der Waals surface area contributed by atoms with E-state index in [-0.39, 0.29) is 5.91 Å². The van der Waals surface area contributed by atoms with E-state index in [1.807, 2.05) is 47.1 Å². The van der Waals surface area contributed by atoms with Crippen molar-refractivity contribution in [2.45, 2.75) is 44.1 Å². The topological polar surface area (TPSA) is 84.7 Å². The highest BCUT2D eigenvalue weighted by Gasteiger charge is 2.15. The quantitative estimate of drug-likeness (QED) is 0.284. The van der Waals surface area contributed by atoms with Crippen LogP contribution in [0, 0.1) is 0 Å². The van der Waals surface area contributed by atoms with Crippen LogP contribution < -0.4 is 10.6 Å². The number of carbonyl (C=O) groups is 1. The molecule has 0 fully saturated rings. The highest BCUT2D eigenvalue weighted by molar-refractivity contribution is 7.99. The SMILES string of the molecule is CCCNc1nc(SC(C)C)nc2c1cnn2CCNC(=O)c1cccc2ccccc12. The molecule has 4 rings (SSSR count). The molecule has 0 atom stereocenters. The number of thioether (sulfide) groups is 1. The van der Waals surface area contributed by atoms with Crippen molar-refractivity contribution in [3.8, 4) is 0 Å². The zero-order valence-electron chi connectivity index (χ0n) is 18.6. The third kappa shape index (κ3) is 4.85. The van der Waals surface area contributed by atoms with Gasteiger partial charge < -0.3 is 10.6 Å². The van der Waals surface area contributed by atoms with E-state index in [0.29, 0.717) is 23.9 Å². The zero-order valence-corrected chi connectivity index (χ0v) is 19.4. The second-order valence-corrected chi connectivity index (χ2v) is 9.38. The Morgan fingerprint density at radius 3 is 2.69 bits per heavy atom. The predicted octanol–water partition coefficient (Wildman–Crippen LogP) is 4.73. The summed E-state index contributed by atoms with van der Waals surface area (Å²) in [6.07, 6.45) is 2.80. The van der Waals surface area contributed by atoms with Crippen molar-refractivity contribution in [1.82, 2.24) is 25.1 Å². The van der Waals surface area contributed by atoms with Gasteiger partial charge in [0, 0.05) is 23.9 Å². The summed E-state index contributed by atoms with van der Waals surface area (Å²) in [5.74, 6) is 0.722. The molecule has 0 aliphatic carbocycles. The number of nitrogens with zero attached hydrogens (tertiary/aromatic N) is 4. The summed E-state index contributed by atoms with van der Waals surface area (Å²) in [7, 11) is 0. The minimum Gasteiger partial charge on any atom is -0.369 e. The van der Waals surface area contributed by atoms with Gasteiger partial charge >= 0.3 is 0 Å². The summed E-state index contributed by atoms with van der Waals surface area (Å²) < 4.78 is 1.84. The van der Waals surface area contributed by atoms with Crippen molar-refractivity contribution in [3.05, 3.63) is 54.2 Å². The minimum atomic E-state index is -0.0887. The molecule has 32 heavy (non-hydrogen) atoms. The van der Waals surface area contributed by atoms with Gasteiger partial charge in [-0.3, -0.25) is 4.79 Å². The van der Waals surface area contributed by atoms with Gasteiger partial charge in [0.15, 0.2) is 10.8 Å². The van der Waals surface area contributed by atoms with Gasteiger partial charge in [-0.2, -0.15) is 5.10 Å². The largest absolute Gasteiger partial charge is 0.369 e. The van der Waals surface area contributed by atoms with Gasteiger partial charge in [-0.1, -0.05) is 68.9 Å². The molecule has 0 bridgehead atoms. The molecule has 2 aromatic heterocycles. The standard InChI is InChI=1S/C24H28N6OS/c1-4-12-25-21-20-15-27-30(22(20)29-24(28-21)32-16(2)3)14-13-26-23(31)19-11-7-9-17-8-5-6-10-18(17)19/h5-11,15-16H,4,12-14H2,1-3H3,(H,26,31)(H,25,28,29). The van der Waals surface area contributed by atoms with Crippen LogP contribution in [0.4, 0.5) is 5.82 Å². The summed E-state index contributed by atoms with van der Waals surface area (Å²) in [4.78, 5) is 22.2. The maximum absolute atomic E-state index is 12.8. The lowest BCUT2D eigenvalue weighted by molar-refractivity contribution is 0.0953. The predicted molar refractivity (Wildman–Crippen MR) is 131 cm³/mol. The molecule has 0 unspecified atom stereocenters. The summed E-state index contributed by atoms with van der Waals surface area (Å²) in [6.45, 7) is 8.18.